The predicted octanol–water partition coefficient (Wildman–Crippen LogP) is 8.10. The van der Waals surface area contributed by atoms with Crippen LogP contribution in [-0.4, -0.2) is 4.57 Å². The first-order chi connectivity index (χ1) is 16.4. The Hall–Kier alpha value is -4.30. The van der Waals surface area contributed by atoms with E-state index < -0.39 is 0 Å². The van der Waals surface area contributed by atoms with Crippen LogP contribution in [0.2, 0.25) is 0 Å². The van der Waals surface area contributed by atoms with E-state index in [1.807, 2.05) is 0 Å². The summed E-state index contributed by atoms with van der Waals surface area (Å²) in [6.07, 6.45) is 0. The molecule has 0 atom stereocenters. The third kappa shape index (κ3) is 2.74. The zero-order valence-electron chi connectivity index (χ0n) is 18.1. The maximum atomic E-state index is 2.45. The Bertz CT molecular complexity index is 1640. The molecule has 0 radical (unpaired) electrons. The molecule has 0 aliphatic carbocycles. The van der Waals surface area contributed by atoms with Gasteiger partial charge in [-0.3, -0.25) is 0 Å². The maximum absolute atomic E-state index is 2.45. The van der Waals surface area contributed by atoms with Crippen LogP contribution in [0.25, 0.3) is 38.6 Å². The molecule has 0 saturated carbocycles. The zero-order valence-corrected chi connectivity index (χ0v) is 18.1. The minimum atomic E-state index is 0.871. The number of fused-ring (bicyclic) bond motifs is 6. The lowest BCUT2D eigenvalue weighted by atomic mass is 9.93. The minimum absolute atomic E-state index is 0.871. The van der Waals surface area contributed by atoms with Crippen molar-refractivity contribution in [1.82, 2.24) is 4.57 Å². The quantitative estimate of drug-likeness (QED) is 0.274. The molecule has 0 N–H and O–H groups in total. The number of para-hydroxylation sites is 3. The van der Waals surface area contributed by atoms with Crippen molar-refractivity contribution in [3.8, 4) is 16.8 Å². The molecule has 1 aliphatic rings. The molecular formula is C31H22N2. The smallest absolute Gasteiger partial charge is 0.0542 e. The van der Waals surface area contributed by atoms with Crippen LogP contribution in [0.5, 0.6) is 0 Å². The average molecular weight is 423 g/mol. The molecule has 0 bridgehead atoms. The SMILES string of the molecule is c1ccc(-n2c3ccccc3c3cc(N4Cc5ccccc5-c5ccccc54)ccc32)cc1. The van der Waals surface area contributed by atoms with Crippen LogP contribution >= 0.6 is 0 Å². The largest absolute Gasteiger partial charge is 0.336 e. The zero-order chi connectivity index (χ0) is 21.8. The fraction of sp³-hybridized carbons (Fsp3) is 0.0323. The van der Waals surface area contributed by atoms with Crippen LogP contribution in [0.1, 0.15) is 5.56 Å². The number of aromatic nitrogens is 1. The number of hydrogen-bond donors (Lipinski definition) is 0. The van der Waals surface area contributed by atoms with E-state index in [0.29, 0.717) is 0 Å². The Kier molecular flexibility index (Phi) is 3.94. The highest BCUT2D eigenvalue weighted by Gasteiger charge is 2.23. The highest BCUT2D eigenvalue weighted by molar-refractivity contribution is 6.10. The van der Waals surface area contributed by atoms with Crippen LogP contribution in [0, 0.1) is 0 Å². The summed E-state index contributed by atoms with van der Waals surface area (Å²) in [5.74, 6) is 0. The fourth-order valence-corrected chi connectivity index (χ4v) is 5.33. The number of hydrogen-bond acceptors (Lipinski definition) is 1. The lowest BCUT2D eigenvalue weighted by Crippen LogP contribution is -2.21. The summed E-state index contributed by atoms with van der Waals surface area (Å²) in [6.45, 7) is 0.871. The minimum Gasteiger partial charge on any atom is -0.336 e. The molecule has 1 aliphatic heterocycles. The first-order valence-corrected chi connectivity index (χ1v) is 11.4. The summed E-state index contributed by atoms with van der Waals surface area (Å²) in [4.78, 5) is 2.45. The van der Waals surface area contributed by atoms with Crippen LogP contribution in [-0.2, 0) is 6.54 Å². The molecule has 7 rings (SSSR count). The van der Waals surface area contributed by atoms with Crippen molar-refractivity contribution in [2.45, 2.75) is 6.54 Å². The molecule has 6 aromatic rings. The predicted molar refractivity (Wildman–Crippen MR) is 139 cm³/mol. The molecule has 5 aromatic carbocycles. The Labute approximate surface area is 193 Å². The van der Waals surface area contributed by atoms with Crippen molar-refractivity contribution >= 4 is 33.2 Å². The summed E-state index contributed by atoms with van der Waals surface area (Å²) in [5.41, 5.74) is 10.1. The third-order valence-corrected chi connectivity index (χ3v) is 6.81. The van der Waals surface area contributed by atoms with Crippen molar-refractivity contribution in [3.05, 3.63) is 127 Å². The molecule has 156 valence electrons. The Balaban J connectivity index is 1.46. The van der Waals surface area contributed by atoms with E-state index in [2.05, 4.69) is 131 Å². The summed E-state index contributed by atoms with van der Waals surface area (Å²) >= 11 is 0. The number of rotatable bonds is 2. The Morgan fingerprint density at radius 3 is 2.09 bits per heavy atom. The molecule has 2 heteroatoms. The van der Waals surface area contributed by atoms with Crippen molar-refractivity contribution in [2.24, 2.45) is 0 Å². The molecule has 0 saturated heterocycles. The summed E-state index contributed by atoms with van der Waals surface area (Å²) in [5, 5.41) is 2.56. The normalized spacial score (nSPS) is 12.7. The van der Waals surface area contributed by atoms with E-state index in [4.69, 9.17) is 0 Å². The van der Waals surface area contributed by atoms with Gasteiger partial charge in [0.15, 0.2) is 0 Å². The number of nitrogens with zero attached hydrogens (tertiary/aromatic N) is 2. The van der Waals surface area contributed by atoms with Gasteiger partial charge in [-0.15, -0.1) is 0 Å². The summed E-state index contributed by atoms with van der Waals surface area (Å²) in [7, 11) is 0. The van der Waals surface area contributed by atoms with Crippen LogP contribution in [0.3, 0.4) is 0 Å². The Morgan fingerprint density at radius 1 is 0.485 bits per heavy atom. The van der Waals surface area contributed by atoms with Gasteiger partial charge in [-0.1, -0.05) is 78.9 Å². The molecular weight excluding hydrogens is 400 g/mol. The molecule has 0 unspecified atom stereocenters. The third-order valence-electron chi connectivity index (χ3n) is 6.81. The van der Waals surface area contributed by atoms with Gasteiger partial charge in [0.05, 0.1) is 11.0 Å². The van der Waals surface area contributed by atoms with Crippen molar-refractivity contribution in [1.29, 1.82) is 0 Å². The molecule has 0 spiro atoms. The lowest BCUT2D eigenvalue weighted by molar-refractivity contribution is 0.962. The van der Waals surface area contributed by atoms with Crippen LogP contribution in [0.4, 0.5) is 11.4 Å². The second-order valence-corrected chi connectivity index (χ2v) is 8.65. The first-order valence-electron chi connectivity index (χ1n) is 11.4. The van der Waals surface area contributed by atoms with Crippen molar-refractivity contribution in [2.75, 3.05) is 4.90 Å². The van der Waals surface area contributed by atoms with E-state index in [1.165, 1.54) is 55.6 Å². The van der Waals surface area contributed by atoms with Gasteiger partial charge in [0.25, 0.3) is 0 Å². The van der Waals surface area contributed by atoms with Gasteiger partial charge in [0.1, 0.15) is 0 Å². The highest BCUT2D eigenvalue weighted by Crippen LogP contribution is 2.44. The summed E-state index contributed by atoms with van der Waals surface area (Å²) in [6, 6.07) is 43.8. The van der Waals surface area contributed by atoms with Gasteiger partial charge in [0, 0.05) is 39.9 Å². The topological polar surface area (TPSA) is 8.17 Å². The van der Waals surface area contributed by atoms with Crippen LogP contribution < -0.4 is 4.90 Å². The average Bonchev–Trinajstić information content (AvgIpc) is 3.22. The maximum Gasteiger partial charge on any atom is 0.0542 e. The summed E-state index contributed by atoms with van der Waals surface area (Å²) < 4.78 is 2.37. The van der Waals surface area contributed by atoms with E-state index >= 15 is 0 Å². The van der Waals surface area contributed by atoms with Gasteiger partial charge in [-0.25, -0.2) is 0 Å². The molecule has 0 fully saturated rings. The van der Waals surface area contributed by atoms with E-state index in [1.54, 1.807) is 0 Å². The molecule has 2 heterocycles. The van der Waals surface area contributed by atoms with Crippen LogP contribution in [0.15, 0.2) is 121 Å². The van der Waals surface area contributed by atoms with Gasteiger partial charge >= 0.3 is 0 Å². The van der Waals surface area contributed by atoms with E-state index in [-0.39, 0.29) is 0 Å². The second kappa shape index (κ2) is 7.11. The molecule has 2 nitrogen and oxygen atoms in total. The van der Waals surface area contributed by atoms with Gasteiger partial charge in [-0.2, -0.15) is 0 Å². The number of anilines is 2. The second-order valence-electron chi connectivity index (χ2n) is 8.65. The van der Waals surface area contributed by atoms with Crippen molar-refractivity contribution < 1.29 is 0 Å². The van der Waals surface area contributed by atoms with E-state index in [9.17, 15) is 0 Å². The van der Waals surface area contributed by atoms with E-state index in [0.717, 1.165) is 6.54 Å². The lowest BCUT2D eigenvalue weighted by Gasteiger charge is -2.33. The molecule has 1 aromatic heterocycles. The fourth-order valence-electron chi connectivity index (χ4n) is 5.33. The molecule has 33 heavy (non-hydrogen) atoms. The first kappa shape index (κ1) is 18.3. The Morgan fingerprint density at radius 2 is 1.18 bits per heavy atom. The highest BCUT2D eigenvalue weighted by atomic mass is 15.1. The van der Waals surface area contributed by atoms with Gasteiger partial charge in [-0.05, 0) is 53.6 Å². The van der Waals surface area contributed by atoms with Crippen molar-refractivity contribution in [3.63, 3.8) is 0 Å². The number of benzene rings is 5. The monoisotopic (exact) mass is 422 g/mol. The van der Waals surface area contributed by atoms with Gasteiger partial charge in [0.2, 0.25) is 0 Å². The van der Waals surface area contributed by atoms with Gasteiger partial charge < -0.3 is 9.47 Å². The standard InChI is InChI=1S/C31H22N2/c1-2-11-23(12-3-1)33-30-17-9-7-15-27(30)28-20-24(18-19-31(28)33)32-21-22-10-4-5-13-25(22)26-14-6-8-16-29(26)32/h1-20H,21H2. The molecule has 0 amide bonds.